The van der Waals surface area contributed by atoms with Crippen molar-refractivity contribution in [1.29, 1.82) is 0 Å². The van der Waals surface area contributed by atoms with Crippen LogP contribution in [-0.4, -0.2) is 39.2 Å². The van der Waals surface area contributed by atoms with E-state index >= 15 is 0 Å². The number of carbonyl (C=O) groups is 2. The highest BCUT2D eigenvalue weighted by Crippen LogP contribution is 2.11. The molecule has 0 aliphatic rings. The number of benzene rings is 1. The fourth-order valence-corrected chi connectivity index (χ4v) is 2.84. The summed E-state index contributed by atoms with van der Waals surface area (Å²) in [6.45, 7) is 2.03. The van der Waals surface area contributed by atoms with Crippen molar-refractivity contribution >= 4 is 22.0 Å². The van der Waals surface area contributed by atoms with Gasteiger partial charge in [-0.05, 0) is 31.0 Å². The van der Waals surface area contributed by atoms with Gasteiger partial charge in [-0.1, -0.05) is 17.3 Å². The van der Waals surface area contributed by atoms with Crippen LogP contribution in [0.4, 0.5) is 4.79 Å². The van der Waals surface area contributed by atoms with Crippen LogP contribution in [0.1, 0.15) is 21.8 Å². The third kappa shape index (κ3) is 5.05. The van der Waals surface area contributed by atoms with E-state index in [4.69, 9.17) is 4.52 Å². The molecule has 0 aliphatic carbocycles. The molecule has 0 spiro atoms. The van der Waals surface area contributed by atoms with Gasteiger partial charge in [-0.15, -0.1) is 0 Å². The Balaban J connectivity index is 1.90. The standard InChI is InChI=1S/C15H17N3O6S/c1-10-9-13(17-24-10)14(19)16-8-7-11-3-5-12(6-4-11)25(21,22)18-15(20)23-2/h3-6,9H,7-8H2,1-2H3,(H,16,19)(H,18,20). The summed E-state index contributed by atoms with van der Waals surface area (Å²) < 4.78 is 34.6. The molecule has 0 radical (unpaired) electrons. The molecule has 25 heavy (non-hydrogen) atoms. The van der Waals surface area contributed by atoms with Gasteiger partial charge in [0.15, 0.2) is 5.69 Å². The number of methoxy groups -OCH3 is 1. The second kappa shape index (κ2) is 7.79. The maximum atomic E-state index is 11.9. The maximum absolute atomic E-state index is 11.9. The van der Waals surface area contributed by atoms with Crippen LogP contribution in [0, 0.1) is 6.92 Å². The van der Waals surface area contributed by atoms with Crippen LogP contribution in [0.15, 0.2) is 39.8 Å². The van der Waals surface area contributed by atoms with Crippen LogP contribution in [0.25, 0.3) is 0 Å². The highest BCUT2D eigenvalue weighted by Gasteiger charge is 2.17. The van der Waals surface area contributed by atoms with Crippen LogP contribution in [0.3, 0.4) is 0 Å². The molecule has 1 aromatic carbocycles. The molecule has 0 bridgehead atoms. The predicted octanol–water partition coefficient (Wildman–Crippen LogP) is 1.00. The van der Waals surface area contributed by atoms with Gasteiger partial charge in [0.1, 0.15) is 5.76 Å². The zero-order valence-electron chi connectivity index (χ0n) is 13.6. The molecular formula is C15H17N3O6S. The summed E-state index contributed by atoms with van der Waals surface area (Å²) in [6.07, 6.45) is -0.567. The third-order valence-corrected chi connectivity index (χ3v) is 4.52. The minimum Gasteiger partial charge on any atom is -0.452 e. The van der Waals surface area contributed by atoms with E-state index in [1.807, 2.05) is 0 Å². The smallest absolute Gasteiger partial charge is 0.420 e. The molecule has 134 valence electrons. The van der Waals surface area contributed by atoms with Gasteiger partial charge < -0.3 is 14.6 Å². The average Bonchev–Trinajstić information content (AvgIpc) is 3.01. The zero-order valence-corrected chi connectivity index (χ0v) is 14.4. The number of hydrogen-bond acceptors (Lipinski definition) is 7. The van der Waals surface area contributed by atoms with Crippen LogP contribution >= 0.6 is 0 Å². The second-order valence-electron chi connectivity index (χ2n) is 5.07. The summed E-state index contributed by atoms with van der Waals surface area (Å²) >= 11 is 0. The van der Waals surface area contributed by atoms with Gasteiger partial charge in [0.2, 0.25) is 0 Å². The summed E-state index contributed by atoms with van der Waals surface area (Å²) in [7, 11) is -2.90. The Bertz CT molecular complexity index is 858. The number of amides is 2. The maximum Gasteiger partial charge on any atom is 0.420 e. The Kier molecular flexibility index (Phi) is 5.75. The Morgan fingerprint density at radius 1 is 1.24 bits per heavy atom. The number of aryl methyl sites for hydroxylation is 1. The predicted molar refractivity (Wildman–Crippen MR) is 86.4 cm³/mol. The Morgan fingerprint density at radius 3 is 2.48 bits per heavy atom. The number of hydrogen-bond donors (Lipinski definition) is 2. The number of nitrogens with zero attached hydrogens (tertiary/aromatic N) is 1. The fourth-order valence-electron chi connectivity index (χ4n) is 1.93. The van der Waals surface area contributed by atoms with Crippen LogP contribution in [0.5, 0.6) is 0 Å². The summed E-state index contributed by atoms with van der Waals surface area (Å²) in [5, 5.41) is 6.30. The molecule has 0 atom stereocenters. The van der Waals surface area contributed by atoms with Gasteiger partial charge >= 0.3 is 6.09 Å². The number of rotatable bonds is 6. The highest BCUT2D eigenvalue weighted by molar-refractivity contribution is 7.90. The number of carbonyl (C=O) groups excluding carboxylic acids is 2. The van der Waals surface area contributed by atoms with Crippen molar-refractivity contribution in [2.75, 3.05) is 13.7 Å². The molecule has 0 saturated carbocycles. The number of ether oxygens (including phenoxy) is 1. The molecule has 9 nitrogen and oxygen atoms in total. The second-order valence-corrected chi connectivity index (χ2v) is 6.75. The van der Waals surface area contributed by atoms with Gasteiger partial charge in [0.05, 0.1) is 12.0 Å². The van der Waals surface area contributed by atoms with E-state index in [9.17, 15) is 18.0 Å². The molecule has 2 rings (SSSR count). The van der Waals surface area contributed by atoms with Gasteiger partial charge in [-0.25, -0.2) is 17.9 Å². The lowest BCUT2D eigenvalue weighted by Crippen LogP contribution is -2.30. The Morgan fingerprint density at radius 2 is 1.92 bits per heavy atom. The van der Waals surface area contributed by atoms with Crippen LogP contribution < -0.4 is 10.0 Å². The van der Waals surface area contributed by atoms with Gasteiger partial charge in [-0.2, -0.15) is 0 Å². The van der Waals surface area contributed by atoms with E-state index in [2.05, 4.69) is 15.2 Å². The highest BCUT2D eigenvalue weighted by atomic mass is 32.2. The topological polar surface area (TPSA) is 128 Å². The summed E-state index contributed by atoms with van der Waals surface area (Å²) in [4.78, 5) is 22.8. The Labute approximate surface area is 144 Å². The van der Waals surface area contributed by atoms with Crippen molar-refractivity contribution in [3.05, 3.63) is 47.3 Å². The first-order valence-electron chi connectivity index (χ1n) is 7.23. The minimum atomic E-state index is -3.97. The Hall–Kier alpha value is -2.88. The van der Waals surface area contributed by atoms with Gasteiger partial charge in [-0.3, -0.25) is 4.79 Å². The van der Waals surface area contributed by atoms with Crippen molar-refractivity contribution in [3.8, 4) is 0 Å². The molecule has 0 saturated heterocycles. The first-order chi connectivity index (χ1) is 11.8. The van der Waals surface area contributed by atoms with Crippen LogP contribution in [0.2, 0.25) is 0 Å². The molecule has 1 heterocycles. The SMILES string of the molecule is COC(=O)NS(=O)(=O)c1ccc(CCNC(=O)c2cc(C)on2)cc1. The summed E-state index contributed by atoms with van der Waals surface area (Å²) in [5.41, 5.74) is 1.02. The summed E-state index contributed by atoms with van der Waals surface area (Å²) in [6, 6.07) is 7.45. The normalized spacial score (nSPS) is 11.0. The lowest BCUT2D eigenvalue weighted by molar-refractivity contribution is 0.0945. The molecule has 1 aromatic heterocycles. The monoisotopic (exact) mass is 367 g/mol. The van der Waals surface area contributed by atoms with E-state index in [1.165, 1.54) is 18.2 Å². The molecule has 2 amide bonds. The van der Waals surface area contributed by atoms with Crippen molar-refractivity contribution in [2.45, 2.75) is 18.2 Å². The van der Waals surface area contributed by atoms with E-state index in [0.717, 1.165) is 12.7 Å². The molecule has 10 heteroatoms. The molecule has 2 aromatic rings. The first-order valence-corrected chi connectivity index (χ1v) is 8.71. The minimum absolute atomic E-state index is 0.0660. The zero-order chi connectivity index (χ0) is 18.4. The van der Waals surface area contributed by atoms with E-state index in [1.54, 1.807) is 23.8 Å². The van der Waals surface area contributed by atoms with Crippen LogP contribution in [-0.2, 0) is 21.2 Å². The summed E-state index contributed by atoms with van der Waals surface area (Å²) in [5.74, 6) is 0.195. The number of aromatic nitrogens is 1. The lowest BCUT2D eigenvalue weighted by atomic mass is 10.1. The molecule has 2 N–H and O–H groups in total. The van der Waals surface area contributed by atoms with E-state index in [0.29, 0.717) is 18.7 Å². The van der Waals surface area contributed by atoms with Gasteiger partial charge in [0, 0.05) is 12.6 Å². The van der Waals surface area contributed by atoms with E-state index < -0.39 is 16.1 Å². The quantitative estimate of drug-likeness (QED) is 0.779. The average molecular weight is 367 g/mol. The van der Waals surface area contributed by atoms with Gasteiger partial charge in [0.25, 0.3) is 15.9 Å². The fraction of sp³-hybridized carbons (Fsp3) is 0.267. The number of nitrogens with one attached hydrogen (secondary N) is 2. The van der Waals surface area contributed by atoms with Crippen molar-refractivity contribution in [1.82, 2.24) is 15.2 Å². The molecule has 0 unspecified atom stereocenters. The molecule has 0 fully saturated rings. The third-order valence-electron chi connectivity index (χ3n) is 3.20. The van der Waals surface area contributed by atoms with E-state index in [-0.39, 0.29) is 16.5 Å². The largest absolute Gasteiger partial charge is 0.452 e. The van der Waals surface area contributed by atoms with Crippen molar-refractivity contribution in [3.63, 3.8) is 0 Å². The van der Waals surface area contributed by atoms with Crippen molar-refractivity contribution < 1.29 is 27.3 Å². The first kappa shape index (κ1) is 18.5. The van der Waals surface area contributed by atoms with Crippen molar-refractivity contribution in [2.24, 2.45) is 0 Å². The molecular weight excluding hydrogens is 350 g/mol. The lowest BCUT2D eigenvalue weighted by Gasteiger charge is -2.07. The molecule has 0 aliphatic heterocycles. The number of sulfonamides is 1.